The molecule has 28 heavy (non-hydrogen) atoms. The molecule has 1 saturated heterocycles. The van der Waals surface area contributed by atoms with Gasteiger partial charge in [-0.1, -0.05) is 27.7 Å². The van der Waals surface area contributed by atoms with Gasteiger partial charge >= 0.3 is 0 Å². The number of ether oxygens (including phenoxy) is 2. The van der Waals surface area contributed by atoms with Crippen LogP contribution < -0.4 is 9.47 Å². The van der Waals surface area contributed by atoms with Gasteiger partial charge in [-0.25, -0.2) is 4.99 Å². The van der Waals surface area contributed by atoms with Crippen molar-refractivity contribution in [3.05, 3.63) is 52.5 Å². The van der Waals surface area contributed by atoms with E-state index >= 15 is 0 Å². The van der Waals surface area contributed by atoms with Crippen molar-refractivity contribution < 1.29 is 14.3 Å². The summed E-state index contributed by atoms with van der Waals surface area (Å²) >= 11 is 5.00. The first-order valence-electron chi connectivity index (χ1n) is 9.17. The zero-order valence-corrected chi connectivity index (χ0v) is 18.5. The molecule has 0 aromatic heterocycles. The van der Waals surface area contributed by atoms with Gasteiger partial charge in [0.25, 0.3) is 0 Å². The second-order valence-electron chi connectivity index (χ2n) is 6.17. The fourth-order valence-electron chi connectivity index (χ4n) is 3.02. The summed E-state index contributed by atoms with van der Waals surface area (Å²) < 4.78 is 11.9. The van der Waals surface area contributed by atoms with Crippen molar-refractivity contribution in [2.24, 2.45) is 4.99 Å². The molecule has 0 radical (unpaired) electrons. The molecule has 0 aliphatic carbocycles. The zero-order valence-electron chi connectivity index (χ0n) is 16.1. The second kappa shape index (κ2) is 9.47. The van der Waals surface area contributed by atoms with Crippen LogP contribution in [0, 0.1) is 0 Å². The number of nitrogens with zero attached hydrogens (tertiary/aromatic N) is 2. The van der Waals surface area contributed by atoms with Gasteiger partial charge in [-0.15, -0.1) is 0 Å². The Balaban J connectivity index is 1.81. The van der Waals surface area contributed by atoms with E-state index in [1.54, 1.807) is 12.0 Å². The molecule has 1 fully saturated rings. The molecule has 3 rings (SSSR count). The number of carbonyl (C=O) groups excluding carboxylic acids is 1. The van der Waals surface area contributed by atoms with Crippen molar-refractivity contribution >= 4 is 44.5 Å². The molecule has 1 aliphatic rings. The third-order valence-corrected chi connectivity index (χ3v) is 6.03. The van der Waals surface area contributed by atoms with E-state index in [1.807, 2.05) is 56.3 Å². The first kappa shape index (κ1) is 20.7. The van der Waals surface area contributed by atoms with E-state index in [9.17, 15) is 4.79 Å². The highest BCUT2D eigenvalue weighted by Crippen LogP contribution is 2.34. The van der Waals surface area contributed by atoms with Crippen LogP contribution in [0.15, 0.2) is 51.9 Å². The summed E-state index contributed by atoms with van der Waals surface area (Å²) in [5.41, 5.74) is 1.80. The Hall–Kier alpha value is -1.99. The summed E-state index contributed by atoms with van der Waals surface area (Å²) in [4.78, 5) is 19.4. The fourth-order valence-corrected chi connectivity index (χ4v) is 4.67. The van der Waals surface area contributed by atoms with E-state index in [0.29, 0.717) is 19.6 Å². The molecule has 1 heterocycles. The van der Waals surface area contributed by atoms with Crippen molar-refractivity contribution in [3.8, 4) is 11.5 Å². The smallest absolute Gasteiger partial charge is 0.242 e. The third-order valence-electron chi connectivity index (χ3n) is 4.36. The Bertz CT molecular complexity index is 870. The molecule has 0 bridgehead atoms. The number of amides is 1. The molecule has 0 saturated carbocycles. The Morgan fingerprint density at radius 1 is 1.18 bits per heavy atom. The summed E-state index contributed by atoms with van der Waals surface area (Å²) in [6.07, 6.45) is 0.588. The molecular weight excluding hydrogens is 440 g/mol. The average molecular weight is 463 g/mol. The van der Waals surface area contributed by atoms with Gasteiger partial charge in [0.05, 0.1) is 24.7 Å². The summed E-state index contributed by atoms with van der Waals surface area (Å²) in [5.74, 6) is 1.68. The van der Waals surface area contributed by atoms with E-state index in [0.717, 1.165) is 32.4 Å². The average Bonchev–Trinajstić information content (AvgIpc) is 2.98. The van der Waals surface area contributed by atoms with Crippen molar-refractivity contribution in [2.45, 2.75) is 25.5 Å². The molecule has 0 N–H and O–H groups in total. The standard InChI is InChI=1S/C21H23BrN2O3S/c1-4-24-20(25)19(13-14-12-15(22)6-11-18(14)26-3)28-21(24)23-16-7-9-17(10-8-16)27-5-2/h6-12,19H,4-5,13H2,1-3H3/t19-/m1/s1. The van der Waals surface area contributed by atoms with Crippen molar-refractivity contribution in [2.75, 3.05) is 20.3 Å². The number of hydrogen-bond donors (Lipinski definition) is 0. The highest BCUT2D eigenvalue weighted by atomic mass is 79.9. The minimum atomic E-state index is -0.218. The van der Waals surface area contributed by atoms with Crippen LogP contribution in [0.3, 0.4) is 0 Å². The maximum atomic E-state index is 12.9. The summed E-state index contributed by atoms with van der Waals surface area (Å²) in [7, 11) is 1.65. The maximum absolute atomic E-state index is 12.9. The van der Waals surface area contributed by atoms with Crippen LogP contribution >= 0.6 is 27.7 Å². The van der Waals surface area contributed by atoms with Gasteiger partial charge in [-0.05, 0) is 68.3 Å². The number of carbonyl (C=O) groups is 1. The van der Waals surface area contributed by atoms with Crippen molar-refractivity contribution in [3.63, 3.8) is 0 Å². The quantitative estimate of drug-likeness (QED) is 0.577. The van der Waals surface area contributed by atoms with Crippen LogP contribution in [0.1, 0.15) is 19.4 Å². The van der Waals surface area contributed by atoms with Crippen LogP contribution in [0.5, 0.6) is 11.5 Å². The third kappa shape index (κ3) is 4.70. The molecule has 1 aliphatic heterocycles. The van der Waals surface area contributed by atoms with Crippen LogP contribution in [-0.4, -0.2) is 41.5 Å². The van der Waals surface area contributed by atoms with Crippen LogP contribution in [0.25, 0.3) is 0 Å². The predicted octanol–water partition coefficient (Wildman–Crippen LogP) is 5.05. The number of aliphatic imine (C=N–C) groups is 1. The summed E-state index contributed by atoms with van der Waals surface area (Å²) in [6, 6.07) is 13.4. The topological polar surface area (TPSA) is 51.1 Å². The van der Waals surface area contributed by atoms with Gasteiger partial charge in [0.1, 0.15) is 11.5 Å². The van der Waals surface area contributed by atoms with Gasteiger partial charge < -0.3 is 9.47 Å². The van der Waals surface area contributed by atoms with E-state index in [1.165, 1.54) is 11.8 Å². The molecular formula is C21H23BrN2O3S. The van der Waals surface area contributed by atoms with E-state index in [2.05, 4.69) is 15.9 Å². The lowest BCUT2D eigenvalue weighted by Gasteiger charge is -2.14. The normalized spacial score (nSPS) is 18.0. The lowest BCUT2D eigenvalue weighted by molar-refractivity contribution is -0.126. The Labute approximate surface area is 178 Å². The second-order valence-corrected chi connectivity index (χ2v) is 8.26. The summed E-state index contributed by atoms with van der Waals surface area (Å²) in [5, 5.41) is 0.514. The zero-order chi connectivity index (χ0) is 20.1. The predicted molar refractivity (Wildman–Crippen MR) is 118 cm³/mol. The van der Waals surface area contributed by atoms with E-state index in [4.69, 9.17) is 14.5 Å². The molecule has 0 unspecified atom stereocenters. The monoisotopic (exact) mass is 462 g/mol. The van der Waals surface area contributed by atoms with Crippen LogP contribution in [0.2, 0.25) is 0 Å². The van der Waals surface area contributed by atoms with Crippen LogP contribution in [0.4, 0.5) is 5.69 Å². The number of benzene rings is 2. The van der Waals surface area contributed by atoms with Gasteiger partial charge in [-0.3, -0.25) is 9.69 Å². The number of thioether (sulfide) groups is 1. The number of hydrogen-bond acceptors (Lipinski definition) is 5. The SMILES string of the molecule is CCOc1ccc(N=C2S[C@H](Cc3cc(Br)ccc3OC)C(=O)N2CC)cc1. The molecule has 0 spiro atoms. The van der Waals surface area contributed by atoms with E-state index < -0.39 is 0 Å². The van der Waals surface area contributed by atoms with Gasteiger partial charge in [0.2, 0.25) is 5.91 Å². The Morgan fingerprint density at radius 3 is 2.57 bits per heavy atom. The molecule has 7 heteroatoms. The molecule has 1 atom stereocenters. The lowest BCUT2D eigenvalue weighted by Crippen LogP contribution is -2.32. The molecule has 148 valence electrons. The first-order chi connectivity index (χ1) is 13.5. The maximum Gasteiger partial charge on any atom is 0.242 e. The van der Waals surface area contributed by atoms with Crippen molar-refractivity contribution in [1.29, 1.82) is 0 Å². The minimum Gasteiger partial charge on any atom is -0.496 e. The highest BCUT2D eigenvalue weighted by molar-refractivity contribution is 9.10. The molecule has 5 nitrogen and oxygen atoms in total. The number of methoxy groups -OCH3 is 1. The van der Waals surface area contributed by atoms with Crippen molar-refractivity contribution in [1.82, 2.24) is 4.90 Å². The van der Waals surface area contributed by atoms with Crippen LogP contribution in [-0.2, 0) is 11.2 Å². The summed E-state index contributed by atoms with van der Waals surface area (Å²) in [6.45, 7) is 5.14. The molecule has 2 aromatic carbocycles. The Kier molecular flexibility index (Phi) is 7.02. The Morgan fingerprint density at radius 2 is 1.93 bits per heavy atom. The molecule has 2 aromatic rings. The first-order valence-corrected chi connectivity index (χ1v) is 10.8. The number of halogens is 1. The van der Waals surface area contributed by atoms with Gasteiger partial charge in [0, 0.05) is 11.0 Å². The number of amidine groups is 1. The molecule has 1 amide bonds. The van der Waals surface area contributed by atoms with E-state index in [-0.39, 0.29) is 11.2 Å². The largest absolute Gasteiger partial charge is 0.496 e. The number of rotatable bonds is 7. The fraction of sp³-hybridized carbons (Fsp3) is 0.333. The highest BCUT2D eigenvalue weighted by Gasteiger charge is 2.37. The minimum absolute atomic E-state index is 0.0826. The lowest BCUT2D eigenvalue weighted by atomic mass is 10.1. The van der Waals surface area contributed by atoms with Gasteiger partial charge in [-0.2, -0.15) is 0 Å². The van der Waals surface area contributed by atoms with Gasteiger partial charge in [0.15, 0.2) is 5.17 Å².